The van der Waals surface area contributed by atoms with Crippen LogP contribution in [0.25, 0.3) is 22.5 Å². The number of guanidine groups is 1. The second-order valence-electron chi connectivity index (χ2n) is 5.70. The summed E-state index contributed by atoms with van der Waals surface area (Å²) in [6.07, 6.45) is 0.924. The summed E-state index contributed by atoms with van der Waals surface area (Å²) in [5.74, 6) is 0.108. The first-order chi connectivity index (χ1) is 11.2. The van der Waals surface area contributed by atoms with Gasteiger partial charge in [-0.3, -0.25) is 5.10 Å². The molecule has 1 aliphatic rings. The van der Waals surface area contributed by atoms with Crippen LogP contribution in [0.4, 0.5) is 0 Å². The lowest BCUT2D eigenvalue weighted by Gasteiger charge is -2.02. The highest BCUT2D eigenvalue weighted by molar-refractivity contribution is 5.81. The Kier molecular flexibility index (Phi) is 3.12. The van der Waals surface area contributed by atoms with E-state index in [1.807, 2.05) is 12.1 Å². The molecule has 2 aromatic carbocycles. The summed E-state index contributed by atoms with van der Waals surface area (Å²) in [6.45, 7) is 0.493. The average Bonchev–Trinajstić information content (AvgIpc) is 3.12. The minimum Gasteiger partial charge on any atom is -0.370 e. The van der Waals surface area contributed by atoms with Crippen LogP contribution in [-0.4, -0.2) is 16.2 Å². The van der Waals surface area contributed by atoms with Crippen LogP contribution in [-0.2, 0) is 13.0 Å². The number of benzene rings is 2. The molecule has 0 saturated heterocycles. The van der Waals surface area contributed by atoms with Crippen LogP contribution in [0.3, 0.4) is 0 Å². The number of aromatic nitrogens is 2. The van der Waals surface area contributed by atoms with Crippen LogP contribution in [0.1, 0.15) is 16.7 Å². The van der Waals surface area contributed by atoms with Gasteiger partial charge in [0.15, 0.2) is 5.96 Å². The van der Waals surface area contributed by atoms with Crippen molar-refractivity contribution in [2.24, 2.45) is 16.5 Å². The smallest absolute Gasteiger partial charge is 0.186 e. The summed E-state index contributed by atoms with van der Waals surface area (Å²) < 4.78 is 0. The Morgan fingerprint density at radius 1 is 1.09 bits per heavy atom. The van der Waals surface area contributed by atoms with Crippen LogP contribution < -0.4 is 11.5 Å². The van der Waals surface area contributed by atoms with Crippen molar-refractivity contribution >= 4 is 5.96 Å². The predicted octanol–water partition coefficient (Wildman–Crippen LogP) is 2.42. The van der Waals surface area contributed by atoms with E-state index in [0.29, 0.717) is 6.54 Å². The topological polar surface area (TPSA) is 93.1 Å². The van der Waals surface area contributed by atoms with Crippen molar-refractivity contribution < 1.29 is 0 Å². The number of nitrogens with two attached hydrogens (primary N) is 2. The average molecular weight is 303 g/mol. The monoisotopic (exact) mass is 303 g/mol. The van der Waals surface area contributed by atoms with Gasteiger partial charge < -0.3 is 11.5 Å². The van der Waals surface area contributed by atoms with Crippen LogP contribution in [0.2, 0.25) is 0 Å². The van der Waals surface area contributed by atoms with E-state index >= 15 is 0 Å². The van der Waals surface area contributed by atoms with Gasteiger partial charge in [0, 0.05) is 23.1 Å². The first-order valence-electron chi connectivity index (χ1n) is 7.52. The van der Waals surface area contributed by atoms with Crippen molar-refractivity contribution in [2.75, 3.05) is 0 Å². The van der Waals surface area contributed by atoms with Crippen molar-refractivity contribution in [1.82, 2.24) is 10.2 Å². The van der Waals surface area contributed by atoms with Crippen molar-refractivity contribution in [2.45, 2.75) is 13.0 Å². The molecule has 5 N–H and O–H groups in total. The van der Waals surface area contributed by atoms with Gasteiger partial charge in [-0.2, -0.15) is 5.10 Å². The number of H-pyrrole nitrogens is 1. The Labute approximate surface area is 134 Å². The van der Waals surface area contributed by atoms with Gasteiger partial charge in [0.25, 0.3) is 0 Å². The lowest BCUT2D eigenvalue weighted by molar-refractivity contribution is 1.05. The maximum absolute atomic E-state index is 5.36. The molecule has 5 heteroatoms. The quantitative estimate of drug-likeness (QED) is 0.401. The van der Waals surface area contributed by atoms with E-state index in [1.165, 1.54) is 16.7 Å². The van der Waals surface area contributed by atoms with Crippen molar-refractivity contribution in [3.63, 3.8) is 0 Å². The van der Waals surface area contributed by atoms with Crippen molar-refractivity contribution in [3.8, 4) is 22.5 Å². The Morgan fingerprint density at radius 3 is 2.65 bits per heavy atom. The third-order valence-corrected chi connectivity index (χ3v) is 4.19. The summed E-state index contributed by atoms with van der Waals surface area (Å²) in [7, 11) is 0. The third-order valence-electron chi connectivity index (χ3n) is 4.19. The van der Waals surface area contributed by atoms with Gasteiger partial charge in [0.1, 0.15) is 0 Å². The van der Waals surface area contributed by atoms with E-state index in [0.717, 1.165) is 28.9 Å². The molecule has 0 aliphatic heterocycles. The second-order valence-corrected chi connectivity index (χ2v) is 5.70. The zero-order chi connectivity index (χ0) is 15.8. The number of hydrogen-bond acceptors (Lipinski definition) is 2. The third kappa shape index (κ3) is 2.36. The molecule has 0 radical (unpaired) electrons. The summed E-state index contributed by atoms with van der Waals surface area (Å²) in [5.41, 5.74) is 18.9. The summed E-state index contributed by atoms with van der Waals surface area (Å²) in [4.78, 5) is 4.02. The number of nitrogens with one attached hydrogen (secondary N) is 1. The van der Waals surface area contributed by atoms with Gasteiger partial charge in [0.2, 0.25) is 0 Å². The van der Waals surface area contributed by atoms with Gasteiger partial charge in [-0.1, -0.05) is 48.5 Å². The van der Waals surface area contributed by atoms with Gasteiger partial charge in [0.05, 0.1) is 17.9 Å². The molecular formula is C18H17N5. The van der Waals surface area contributed by atoms with Gasteiger partial charge in [-0.05, 0) is 11.1 Å². The van der Waals surface area contributed by atoms with Gasteiger partial charge in [-0.15, -0.1) is 0 Å². The number of nitrogens with zero attached hydrogens (tertiary/aromatic N) is 2. The first-order valence-corrected chi connectivity index (χ1v) is 7.52. The van der Waals surface area contributed by atoms with E-state index in [4.69, 9.17) is 11.5 Å². The highest BCUT2D eigenvalue weighted by Gasteiger charge is 2.24. The molecule has 114 valence electrons. The summed E-state index contributed by atoms with van der Waals surface area (Å²) >= 11 is 0. The molecule has 1 heterocycles. The van der Waals surface area contributed by atoms with Crippen LogP contribution in [0, 0.1) is 0 Å². The van der Waals surface area contributed by atoms with E-state index < -0.39 is 0 Å². The molecule has 0 bridgehead atoms. The largest absolute Gasteiger partial charge is 0.370 e. The maximum atomic E-state index is 5.36. The number of rotatable bonds is 3. The second kappa shape index (κ2) is 5.28. The molecular weight excluding hydrogens is 286 g/mol. The number of hydrogen-bond donors (Lipinski definition) is 3. The Balaban J connectivity index is 1.66. The van der Waals surface area contributed by atoms with E-state index in [1.54, 1.807) is 0 Å². The summed E-state index contributed by atoms with van der Waals surface area (Å²) in [5, 5.41) is 7.71. The Morgan fingerprint density at radius 2 is 1.87 bits per heavy atom. The van der Waals surface area contributed by atoms with E-state index in [2.05, 4.69) is 51.6 Å². The first kappa shape index (κ1) is 13.6. The van der Waals surface area contributed by atoms with Gasteiger partial charge in [-0.25, -0.2) is 4.99 Å². The fourth-order valence-corrected chi connectivity index (χ4v) is 3.06. The number of aliphatic imine (C=N–C) groups is 1. The van der Waals surface area contributed by atoms with Crippen molar-refractivity contribution in [1.29, 1.82) is 0 Å². The molecule has 0 spiro atoms. The minimum atomic E-state index is 0.108. The van der Waals surface area contributed by atoms with Crippen LogP contribution in [0.5, 0.6) is 0 Å². The predicted molar refractivity (Wildman–Crippen MR) is 91.8 cm³/mol. The SMILES string of the molecule is NC(N)=NCc1ccc(-c2n[nH]c3c2Cc2ccccc2-3)cc1. The molecule has 0 fully saturated rings. The molecule has 0 unspecified atom stereocenters. The zero-order valence-corrected chi connectivity index (χ0v) is 12.6. The maximum Gasteiger partial charge on any atom is 0.186 e. The summed E-state index contributed by atoms with van der Waals surface area (Å²) in [6, 6.07) is 16.7. The Hall–Kier alpha value is -3.08. The highest BCUT2D eigenvalue weighted by atomic mass is 15.1. The van der Waals surface area contributed by atoms with Crippen LogP contribution >= 0.6 is 0 Å². The normalized spacial score (nSPS) is 11.8. The number of aromatic amines is 1. The van der Waals surface area contributed by atoms with Crippen molar-refractivity contribution in [3.05, 3.63) is 65.2 Å². The van der Waals surface area contributed by atoms with E-state index in [9.17, 15) is 0 Å². The molecule has 0 amide bonds. The zero-order valence-electron chi connectivity index (χ0n) is 12.6. The molecule has 3 aromatic rings. The minimum absolute atomic E-state index is 0.108. The van der Waals surface area contributed by atoms with E-state index in [-0.39, 0.29) is 5.96 Å². The van der Waals surface area contributed by atoms with Crippen LogP contribution in [0.15, 0.2) is 53.5 Å². The molecule has 0 atom stereocenters. The molecule has 23 heavy (non-hydrogen) atoms. The van der Waals surface area contributed by atoms with Gasteiger partial charge >= 0.3 is 0 Å². The number of fused-ring (bicyclic) bond motifs is 3. The lowest BCUT2D eigenvalue weighted by atomic mass is 10.0. The molecule has 0 saturated carbocycles. The fourth-order valence-electron chi connectivity index (χ4n) is 3.06. The fraction of sp³-hybridized carbons (Fsp3) is 0.111. The standard InChI is InChI=1S/C18H17N5/c19-18(20)21-10-11-5-7-12(8-6-11)16-15-9-13-3-1-2-4-14(13)17(15)23-22-16/h1-8H,9-10H2,(H,22,23)(H4,19,20,21). The highest BCUT2D eigenvalue weighted by Crippen LogP contribution is 2.39. The molecule has 5 nitrogen and oxygen atoms in total. The molecule has 1 aromatic heterocycles. The Bertz CT molecular complexity index is 886. The molecule has 4 rings (SSSR count). The lowest BCUT2D eigenvalue weighted by Crippen LogP contribution is -2.22. The molecule has 1 aliphatic carbocycles.